The zero-order valence-electron chi connectivity index (χ0n) is 10.8. The van der Waals surface area contributed by atoms with Crippen molar-refractivity contribution in [3.63, 3.8) is 0 Å². The van der Waals surface area contributed by atoms with Crippen LogP contribution in [0.2, 0.25) is 0 Å². The quantitative estimate of drug-likeness (QED) is 0.792. The van der Waals surface area contributed by atoms with E-state index in [1.165, 1.54) is 0 Å². The fourth-order valence-electron chi connectivity index (χ4n) is 2.11. The largest absolute Gasteiger partial charge is 0.403 e. The van der Waals surface area contributed by atoms with Gasteiger partial charge in [0, 0.05) is 32.4 Å². The third-order valence-electron chi connectivity index (χ3n) is 3.04. The van der Waals surface area contributed by atoms with Gasteiger partial charge in [0.2, 0.25) is 0 Å². The topological polar surface area (TPSA) is 53.6 Å². The smallest absolute Gasteiger partial charge is 0.0740 e. The van der Waals surface area contributed by atoms with E-state index in [0.717, 1.165) is 43.3 Å². The van der Waals surface area contributed by atoms with Crippen LogP contribution < -0.4 is 11.1 Å². The first-order chi connectivity index (χ1) is 8.81. The van der Waals surface area contributed by atoms with Gasteiger partial charge in [-0.05, 0) is 19.1 Å². The molecule has 0 radical (unpaired) electrons. The molecule has 1 aliphatic heterocycles. The predicted molar refractivity (Wildman–Crippen MR) is 75.9 cm³/mol. The molecule has 0 atom stereocenters. The zero-order chi connectivity index (χ0) is 12.8. The number of hydrogen-bond acceptors (Lipinski definition) is 4. The van der Waals surface area contributed by atoms with Crippen molar-refractivity contribution in [1.29, 1.82) is 0 Å². The van der Waals surface area contributed by atoms with Gasteiger partial charge >= 0.3 is 0 Å². The minimum atomic E-state index is 0.962. The number of nitrogens with one attached hydrogen (secondary N) is 1. The molecule has 4 nitrogen and oxygen atoms in total. The minimum Gasteiger partial charge on any atom is -0.403 e. The van der Waals surface area contributed by atoms with Crippen molar-refractivity contribution in [3.8, 4) is 0 Å². The molecule has 0 spiro atoms. The fraction of sp³-hybridized carbons (Fsp3) is 0.357. The number of nitrogens with zero attached hydrogens (tertiary/aromatic N) is 2. The van der Waals surface area contributed by atoms with E-state index in [0.29, 0.717) is 0 Å². The first-order valence-corrected chi connectivity index (χ1v) is 6.29. The Labute approximate surface area is 108 Å². The second kappa shape index (κ2) is 6.21. The molecule has 0 aromatic heterocycles. The van der Waals surface area contributed by atoms with Crippen LogP contribution >= 0.6 is 0 Å². The maximum absolute atomic E-state index is 5.75. The van der Waals surface area contributed by atoms with Crippen LogP contribution in [0.15, 0.2) is 47.2 Å². The molecule has 2 rings (SSSR count). The number of para-hydroxylation sites is 1. The second-order valence-electron chi connectivity index (χ2n) is 4.32. The van der Waals surface area contributed by atoms with Gasteiger partial charge in [-0.2, -0.15) is 0 Å². The van der Waals surface area contributed by atoms with Gasteiger partial charge in [0.1, 0.15) is 0 Å². The molecule has 0 saturated carbocycles. The summed E-state index contributed by atoms with van der Waals surface area (Å²) in [4.78, 5) is 6.89. The van der Waals surface area contributed by atoms with Gasteiger partial charge in [0.15, 0.2) is 0 Å². The summed E-state index contributed by atoms with van der Waals surface area (Å²) in [5.74, 6) is 0. The first kappa shape index (κ1) is 12.6. The van der Waals surface area contributed by atoms with Crippen LogP contribution in [0.25, 0.3) is 0 Å². The van der Waals surface area contributed by atoms with E-state index in [9.17, 15) is 0 Å². The van der Waals surface area contributed by atoms with Gasteiger partial charge in [0.05, 0.1) is 17.1 Å². The Balaban J connectivity index is 2.15. The van der Waals surface area contributed by atoms with Crippen molar-refractivity contribution < 1.29 is 0 Å². The van der Waals surface area contributed by atoms with Crippen LogP contribution in [0.3, 0.4) is 0 Å². The van der Waals surface area contributed by atoms with Crippen molar-refractivity contribution in [2.45, 2.75) is 6.92 Å². The number of allylic oxidation sites excluding steroid dienone is 1. The van der Waals surface area contributed by atoms with E-state index < -0.39 is 0 Å². The van der Waals surface area contributed by atoms with Crippen molar-refractivity contribution >= 4 is 11.4 Å². The number of hydrogen-bond donors (Lipinski definition) is 2. The fourth-order valence-corrected chi connectivity index (χ4v) is 2.11. The lowest BCUT2D eigenvalue weighted by molar-refractivity contribution is 0.311. The van der Waals surface area contributed by atoms with Crippen molar-refractivity contribution in [3.05, 3.63) is 42.2 Å². The summed E-state index contributed by atoms with van der Waals surface area (Å²) in [5.41, 5.74) is 8.71. The molecule has 1 fully saturated rings. The van der Waals surface area contributed by atoms with Gasteiger partial charge in [-0.1, -0.05) is 18.2 Å². The van der Waals surface area contributed by atoms with Crippen LogP contribution in [0.4, 0.5) is 5.69 Å². The highest BCUT2D eigenvalue weighted by Crippen LogP contribution is 2.14. The lowest BCUT2D eigenvalue weighted by Gasteiger charge is -2.31. The average molecular weight is 244 g/mol. The molecule has 1 aromatic rings. The van der Waals surface area contributed by atoms with Crippen LogP contribution in [-0.4, -0.2) is 36.8 Å². The van der Waals surface area contributed by atoms with Crippen molar-refractivity contribution in [1.82, 2.24) is 10.2 Å². The van der Waals surface area contributed by atoms with Gasteiger partial charge in [-0.15, -0.1) is 0 Å². The summed E-state index contributed by atoms with van der Waals surface area (Å²) in [7, 11) is 0. The van der Waals surface area contributed by atoms with E-state index in [1.54, 1.807) is 6.20 Å². The molecule has 3 N–H and O–H groups in total. The molecule has 1 aliphatic rings. The van der Waals surface area contributed by atoms with Crippen LogP contribution in [0.5, 0.6) is 0 Å². The van der Waals surface area contributed by atoms with E-state index in [1.807, 2.05) is 37.3 Å². The molecule has 1 saturated heterocycles. The Morgan fingerprint density at radius 1 is 1.28 bits per heavy atom. The van der Waals surface area contributed by atoms with E-state index in [4.69, 9.17) is 5.73 Å². The summed E-state index contributed by atoms with van der Waals surface area (Å²) >= 11 is 0. The third-order valence-corrected chi connectivity index (χ3v) is 3.04. The third kappa shape index (κ3) is 3.11. The summed E-state index contributed by atoms with van der Waals surface area (Å²) in [5, 5.41) is 3.33. The number of nitrogens with two attached hydrogens (primary N) is 1. The molecule has 18 heavy (non-hydrogen) atoms. The van der Waals surface area contributed by atoms with E-state index >= 15 is 0 Å². The molecule has 0 amide bonds. The van der Waals surface area contributed by atoms with Crippen molar-refractivity contribution in [2.75, 3.05) is 26.2 Å². The number of rotatable bonds is 3. The lowest BCUT2D eigenvalue weighted by atomic mass is 10.2. The normalized spacial score (nSPS) is 17.9. The highest BCUT2D eigenvalue weighted by atomic mass is 15.2. The predicted octanol–water partition coefficient (Wildman–Crippen LogP) is 1.48. The minimum absolute atomic E-state index is 0.962. The van der Waals surface area contributed by atoms with Gasteiger partial charge in [-0.3, -0.25) is 4.99 Å². The Hall–Kier alpha value is -1.81. The number of aliphatic imine (C=N–C) groups is 1. The SMILES string of the molecule is CC(=Nc1ccccc1)C(=CN)N1CCNCC1. The number of piperazine rings is 1. The van der Waals surface area contributed by atoms with E-state index in [2.05, 4.69) is 15.2 Å². The Bertz CT molecular complexity index is 430. The first-order valence-electron chi connectivity index (χ1n) is 6.29. The summed E-state index contributed by atoms with van der Waals surface area (Å²) in [6, 6.07) is 9.96. The average Bonchev–Trinajstić information content (AvgIpc) is 2.42. The summed E-state index contributed by atoms with van der Waals surface area (Å²) < 4.78 is 0. The Morgan fingerprint density at radius 2 is 1.94 bits per heavy atom. The molecular weight excluding hydrogens is 224 g/mol. The van der Waals surface area contributed by atoms with Gasteiger partial charge < -0.3 is 16.0 Å². The lowest BCUT2D eigenvalue weighted by Crippen LogP contribution is -2.44. The molecule has 4 heteroatoms. The standard InChI is InChI=1S/C14H20N4/c1-12(17-13-5-3-2-4-6-13)14(11-15)18-9-7-16-8-10-18/h2-6,11,16H,7-10,15H2,1H3. The highest BCUT2D eigenvalue weighted by molar-refractivity contribution is 5.99. The summed E-state index contributed by atoms with van der Waals surface area (Å²) in [6.45, 7) is 5.95. The maximum atomic E-state index is 5.75. The molecule has 0 aliphatic carbocycles. The summed E-state index contributed by atoms with van der Waals surface area (Å²) in [6.07, 6.45) is 1.66. The molecule has 0 unspecified atom stereocenters. The molecule has 96 valence electrons. The Morgan fingerprint density at radius 3 is 2.56 bits per heavy atom. The van der Waals surface area contributed by atoms with Crippen molar-refractivity contribution in [2.24, 2.45) is 10.7 Å². The van der Waals surface area contributed by atoms with Crippen LogP contribution in [0.1, 0.15) is 6.92 Å². The molecular formula is C14H20N4. The maximum Gasteiger partial charge on any atom is 0.0740 e. The van der Waals surface area contributed by atoms with Gasteiger partial charge in [-0.25, -0.2) is 0 Å². The Kier molecular flexibility index (Phi) is 4.36. The van der Waals surface area contributed by atoms with E-state index in [-0.39, 0.29) is 0 Å². The van der Waals surface area contributed by atoms with Gasteiger partial charge in [0.25, 0.3) is 0 Å². The molecule has 0 bridgehead atoms. The van der Waals surface area contributed by atoms with Crippen LogP contribution in [0, 0.1) is 0 Å². The highest BCUT2D eigenvalue weighted by Gasteiger charge is 2.14. The second-order valence-corrected chi connectivity index (χ2v) is 4.32. The zero-order valence-corrected chi connectivity index (χ0v) is 10.8. The molecule has 1 heterocycles. The monoisotopic (exact) mass is 244 g/mol. The molecule has 1 aromatic carbocycles. The van der Waals surface area contributed by atoms with Crippen LogP contribution in [-0.2, 0) is 0 Å². The number of benzene rings is 1.